The predicted octanol–water partition coefficient (Wildman–Crippen LogP) is 4.77. The highest BCUT2D eigenvalue weighted by atomic mass is 79.9. The van der Waals surface area contributed by atoms with E-state index in [0.29, 0.717) is 37.7 Å². The van der Waals surface area contributed by atoms with Crippen LogP contribution in [0.1, 0.15) is 37.5 Å². The van der Waals surface area contributed by atoms with E-state index in [9.17, 15) is 0 Å². The lowest BCUT2D eigenvalue weighted by Crippen LogP contribution is -2.29. The highest BCUT2D eigenvalue weighted by Crippen LogP contribution is 2.45. The van der Waals surface area contributed by atoms with Gasteiger partial charge < -0.3 is 20.6 Å². The highest BCUT2D eigenvalue weighted by Gasteiger charge is 2.27. The number of carboxylic acid groups (broad SMARTS) is 1. The fourth-order valence-corrected chi connectivity index (χ4v) is 4.75. The number of nitrogens with zero attached hydrogens (tertiary/aromatic N) is 2. The van der Waals surface area contributed by atoms with E-state index in [4.69, 9.17) is 39.9 Å². The minimum atomic E-state index is -2.37. The van der Waals surface area contributed by atoms with Crippen molar-refractivity contribution in [3.63, 3.8) is 0 Å². The molecular weight excluding hydrogens is 468 g/mol. The normalized spacial score (nSPS) is 26.0. The molecule has 0 radical (unpaired) electrons. The van der Waals surface area contributed by atoms with Gasteiger partial charge in [-0.2, -0.15) is 4.98 Å². The zero-order valence-electron chi connectivity index (χ0n) is 20.1. The number of halogens is 2. The molecule has 0 aliphatic heterocycles. The number of furan rings is 1. The molecule has 0 spiro atoms. The molecule has 0 aromatic carbocycles. The molecule has 0 saturated heterocycles. The second kappa shape index (κ2) is 9.51. The number of nitrogens with one attached hydrogen (secondary N) is 1. The summed E-state index contributed by atoms with van der Waals surface area (Å²) in [5, 5.41) is 9.98. The Labute approximate surface area is 187 Å². The number of hydrogen-bond donors (Lipinski definition) is 3. The van der Waals surface area contributed by atoms with E-state index in [1.807, 2.05) is 0 Å². The van der Waals surface area contributed by atoms with Crippen LogP contribution in [0.4, 0.5) is 5.82 Å². The minimum absolute atomic E-state index is 0.0275. The number of fused-ring (bicyclic) bond motifs is 1. The molecule has 1 aliphatic carbocycles. The van der Waals surface area contributed by atoms with Crippen molar-refractivity contribution in [1.82, 2.24) is 9.97 Å². The van der Waals surface area contributed by atoms with Crippen LogP contribution in [0, 0.1) is 0 Å². The van der Waals surface area contributed by atoms with Gasteiger partial charge in [0.15, 0.2) is 0 Å². The number of allylic oxidation sites excluding steroid dienone is 1. The SMILES string of the molecule is O=CO.[2H]C1=C([2H])C([2H])([2H])[C@H](c2sc3c(NCc4ccco4)nc(Cl)nc3c2Br)[C@@H](N)C1([2H])[2H]. The van der Waals surface area contributed by atoms with Crippen LogP contribution in [0.25, 0.3) is 10.2 Å². The standard InChI is InChI=1S/C17H16BrClN4OS.CH2O2/c18-12-13-15(25-14(12)10-5-1-2-6-11(10)20)16(23-17(19)22-13)21-8-9-4-3-7-24-9;2-1-3/h1-4,7,10-11H,5-6,8,20H2,(H,21,22,23);1H,(H,2,3)/t10-,11-;/m0./s1/i1D,2D,5D2,6D2;. The molecule has 0 fully saturated rings. The van der Waals surface area contributed by atoms with Crippen molar-refractivity contribution in [3.8, 4) is 0 Å². The quantitative estimate of drug-likeness (QED) is 0.273. The summed E-state index contributed by atoms with van der Waals surface area (Å²) in [6.07, 6.45) is -3.18. The molecule has 7 nitrogen and oxygen atoms in total. The Bertz CT molecular complexity index is 1240. The molecular formula is C18H18BrClN4O3S. The van der Waals surface area contributed by atoms with Gasteiger partial charge in [0.1, 0.15) is 17.1 Å². The van der Waals surface area contributed by atoms with Crippen LogP contribution < -0.4 is 11.1 Å². The van der Waals surface area contributed by atoms with Gasteiger partial charge in [0, 0.05) is 22.3 Å². The average Bonchev–Trinajstić information content (AvgIpc) is 3.39. The Balaban J connectivity index is 0.00000103. The number of thiophene rings is 1. The van der Waals surface area contributed by atoms with Gasteiger partial charge in [0.2, 0.25) is 5.28 Å². The topological polar surface area (TPSA) is 114 Å². The van der Waals surface area contributed by atoms with E-state index in [1.165, 1.54) is 0 Å². The van der Waals surface area contributed by atoms with Crippen LogP contribution in [0.3, 0.4) is 0 Å². The van der Waals surface area contributed by atoms with Crippen LogP contribution in [-0.2, 0) is 11.3 Å². The zero-order valence-corrected chi connectivity index (χ0v) is 17.2. The molecule has 10 heteroatoms. The lowest BCUT2D eigenvalue weighted by molar-refractivity contribution is -0.122. The first-order chi connectivity index (χ1) is 15.9. The molecule has 0 amide bonds. The number of nitrogens with two attached hydrogens (primary N) is 1. The van der Waals surface area contributed by atoms with E-state index in [2.05, 4.69) is 31.2 Å². The summed E-state index contributed by atoms with van der Waals surface area (Å²) in [5.41, 5.74) is 6.56. The van der Waals surface area contributed by atoms with Crippen molar-refractivity contribution in [2.24, 2.45) is 5.73 Å². The Morgan fingerprint density at radius 1 is 1.54 bits per heavy atom. The first kappa shape index (κ1) is 14.1. The lowest BCUT2D eigenvalue weighted by Gasteiger charge is -2.24. The molecule has 2 atom stereocenters. The maximum atomic E-state index is 8.46. The van der Waals surface area contributed by atoms with Gasteiger partial charge in [-0.15, -0.1) is 11.3 Å². The molecule has 4 rings (SSSR count). The first-order valence-electron chi connectivity index (χ1n) is 10.8. The van der Waals surface area contributed by atoms with Crippen molar-refractivity contribution >= 4 is 61.4 Å². The van der Waals surface area contributed by atoms with Crippen LogP contribution in [-0.4, -0.2) is 27.6 Å². The summed E-state index contributed by atoms with van der Waals surface area (Å²) < 4.78 is 55.5. The second-order valence-electron chi connectivity index (χ2n) is 5.38. The van der Waals surface area contributed by atoms with Crippen molar-refractivity contribution < 1.29 is 22.5 Å². The first-order valence-corrected chi connectivity index (χ1v) is 9.80. The van der Waals surface area contributed by atoms with E-state index >= 15 is 0 Å². The number of carbonyl (C=O) groups is 1. The molecule has 148 valence electrons. The number of anilines is 1. The molecule has 28 heavy (non-hydrogen) atoms. The van der Waals surface area contributed by atoms with Crippen LogP contribution in [0.5, 0.6) is 0 Å². The third-order valence-electron chi connectivity index (χ3n) is 3.66. The van der Waals surface area contributed by atoms with Gasteiger partial charge >= 0.3 is 0 Å². The molecule has 3 heterocycles. The van der Waals surface area contributed by atoms with Gasteiger partial charge in [-0.3, -0.25) is 4.79 Å². The maximum Gasteiger partial charge on any atom is 0.290 e. The monoisotopic (exact) mass is 490 g/mol. The summed E-state index contributed by atoms with van der Waals surface area (Å²) in [6, 6.07) is 0.681. The van der Waals surface area contributed by atoms with Crippen LogP contribution in [0.15, 0.2) is 39.4 Å². The lowest BCUT2D eigenvalue weighted by atomic mass is 9.88. The van der Waals surface area contributed by atoms with Gasteiger partial charge in [-0.1, -0.05) is 12.1 Å². The fraction of sp³-hybridized carbons (Fsp3) is 0.278. The van der Waals surface area contributed by atoms with Crippen molar-refractivity contribution in [2.45, 2.75) is 31.3 Å². The van der Waals surface area contributed by atoms with Gasteiger partial charge in [0.25, 0.3) is 6.47 Å². The van der Waals surface area contributed by atoms with Gasteiger partial charge in [-0.25, -0.2) is 4.98 Å². The van der Waals surface area contributed by atoms with Crippen LogP contribution >= 0.6 is 38.9 Å². The van der Waals surface area contributed by atoms with E-state index < -0.39 is 36.8 Å². The predicted molar refractivity (Wildman–Crippen MR) is 114 cm³/mol. The zero-order chi connectivity index (χ0) is 25.4. The van der Waals surface area contributed by atoms with Gasteiger partial charge in [-0.05, 0) is 52.4 Å². The molecule has 0 unspecified atom stereocenters. The van der Waals surface area contributed by atoms with Crippen LogP contribution in [0.2, 0.25) is 5.28 Å². The smallest absolute Gasteiger partial charge is 0.290 e. The number of hydrogen-bond acceptors (Lipinski definition) is 7. The molecule has 0 saturated carbocycles. The second-order valence-corrected chi connectivity index (χ2v) is 7.56. The van der Waals surface area contributed by atoms with Crippen molar-refractivity contribution in [3.05, 3.63) is 50.9 Å². The summed E-state index contributed by atoms with van der Waals surface area (Å²) >= 11 is 10.7. The summed E-state index contributed by atoms with van der Waals surface area (Å²) in [7, 11) is 0. The Hall–Kier alpha value is -1.94. The minimum Gasteiger partial charge on any atom is -0.483 e. The van der Waals surface area contributed by atoms with Crippen molar-refractivity contribution in [2.75, 3.05) is 5.32 Å². The fourth-order valence-electron chi connectivity index (χ4n) is 2.48. The summed E-state index contributed by atoms with van der Waals surface area (Å²) in [5.74, 6) is -0.155. The van der Waals surface area contributed by atoms with Gasteiger partial charge in [0.05, 0.1) is 24.7 Å². The third kappa shape index (κ3) is 4.54. The van der Waals surface area contributed by atoms with E-state index in [1.54, 1.807) is 18.4 Å². The maximum absolute atomic E-state index is 8.46. The molecule has 1 aliphatic rings. The highest BCUT2D eigenvalue weighted by molar-refractivity contribution is 9.10. The summed E-state index contributed by atoms with van der Waals surface area (Å²) in [4.78, 5) is 17.2. The molecule has 3 aromatic heterocycles. The Morgan fingerprint density at radius 3 is 3.00 bits per heavy atom. The van der Waals surface area contributed by atoms with E-state index in [-0.39, 0.29) is 11.8 Å². The average molecular weight is 492 g/mol. The molecule has 4 N–H and O–H groups in total. The number of rotatable bonds is 4. The molecule has 3 aromatic rings. The molecule has 0 bridgehead atoms. The van der Waals surface area contributed by atoms with E-state index in [0.717, 1.165) is 11.3 Å². The third-order valence-corrected chi connectivity index (χ3v) is 6.16. The summed E-state index contributed by atoms with van der Waals surface area (Å²) in [6.45, 7) is 0.0778. The Kier molecular flexibility index (Phi) is 4.79. The van der Waals surface area contributed by atoms with Crippen molar-refractivity contribution in [1.29, 1.82) is 0 Å². The Morgan fingerprint density at radius 2 is 2.29 bits per heavy atom. The number of aromatic nitrogens is 2. The largest absolute Gasteiger partial charge is 0.483 e.